The van der Waals surface area contributed by atoms with Crippen LogP contribution in [0.1, 0.15) is 30.6 Å². The number of hydrogen-bond donors (Lipinski definition) is 3. The fraction of sp³-hybridized carbons (Fsp3) is 0.286. The minimum atomic E-state index is -1.25. The molecule has 1 aromatic carbocycles. The molecule has 0 radical (unpaired) electrons. The first kappa shape index (κ1) is 13.1. The lowest BCUT2D eigenvalue weighted by atomic mass is 9.98. The maximum Gasteiger partial charge on any atom is 0.329 e. The second-order valence-corrected chi connectivity index (χ2v) is 4.72. The average Bonchev–Trinajstić information content (AvgIpc) is 2.85. The summed E-state index contributed by atoms with van der Waals surface area (Å²) in [5.74, 6) is -1.42. The minimum absolute atomic E-state index is 0.320. The van der Waals surface area contributed by atoms with Crippen LogP contribution in [0.4, 0.5) is 0 Å². The molecular weight excluding hydrogens is 244 g/mol. The molecule has 1 heterocycles. The quantitative estimate of drug-likeness (QED) is 0.787. The van der Waals surface area contributed by atoms with Crippen molar-refractivity contribution in [3.63, 3.8) is 0 Å². The minimum Gasteiger partial charge on any atom is -0.480 e. The molecular formula is C14H16N2O3. The third-order valence-electron chi connectivity index (χ3n) is 3.38. The summed E-state index contributed by atoms with van der Waals surface area (Å²) in [7, 11) is 0. The molecule has 0 spiro atoms. The third-order valence-corrected chi connectivity index (χ3v) is 3.38. The largest absolute Gasteiger partial charge is 0.480 e. The molecule has 2 rings (SSSR count). The number of fused-ring (bicyclic) bond motifs is 1. The van der Waals surface area contributed by atoms with Crippen LogP contribution >= 0.6 is 0 Å². The predicted octanol–water partition coefficient (Wildman–Crippen LogP) is 2.15. The SMILES string of the molecule is CCC(C)(NC(=O)c1ccc2[nH]ccc2c1)C(=O)O. The fourth-order valence-electron chi connectivity index (χ4n) is 1.81. The number of carbonyl (C=O) groups is 2. The van der Waals surface area contributed by atoms with E-state index in [0.29, 0.717) is 12.0 Å². The molecule has 0 aliphatic rings. The maximum atomic E-state index is 12.1. The molecule has 1 aromatic heterocycles. The van der Waals surface area contributed by atoms with Crippen LogP contribution in [-0.2, 0) is 4.79 Å². The number of rotatable bonds is 4. The van der Waals surface area contributed by atoms with Gasteiger partial charge < -0.3 is 15.4 Å². The van der Waals surface area contributed by atoms with Crippen LogP contribution in [0.15, 0.2) is 30.5 Å². The van der Waals surface area contributed by atoms with E-state index in [0.717, 1.165) is 10.9 Å². The maximum absolute atomic E-state index is 12.1. The number of carbonyl (C=O) groups excluding carboxylic acids is 1. The number of nitrogens with one attached hydrogen (secondary N) is 2. The number of aromatic amines is 1. The smallest absolute Gasteiger partial charge is 0.329 e. The van der Waals surface area contributed by atoms with Crippen LogP contribution in [0.25, 0.3) is 10.9 Å². The third kappa shape index (κ3) is 2.45. The van der Waals surface area contributed by atoms with E-state index in [1.54, 1.807) is 31.3 Å². The van der Waals surface area contributed by atoms with Crippen molar-refractivity contribution in [1.29, 1.82) is 0 Å². The number of carboxylic acid groups (broad SMARTS) is 1. The van der Waals surface area contributed by atoms with Crippen molar-refractivity contribution in [2.45, 2.75) is 25.8 Å². The Kier molecular flexibility index (Phi) is 3.29. The van der Waals surface area contributed by atoms with Gasteiger partial charge in [0, 0.05) is 22.7 Å². The Labute approximate surface area is 110 Å². The van der Waals surface area contributed by atoms with E-state index < -0.39 is 11.5 Å². The predicted molar refractivity (Wildman–Crippen MR) is 72.1 cm³/mol. The van der Waals surface area contributed by atoms with Gasteiger partial charge in [-0.15, -0.1) is 0 Å². The molecule has 1 unspecified atom stereocenters. The van der Waals surface area contributed by atoms with E-state index in [1.807, 2.05) is 6.07 Å². The van der Waals surface area contributed by atoms with E-state index in [9.17, 15) is 9.59 Å². The lowest BCUT2D eigenvalue weighted by Gasteiger charge is -2.24. The van der Waals surface area contributed by atoms with Gasteiger partial charge in [0.25, 0.3) is 5.91 Å². The molecule has 5 heteroatoms. The molecule has 1 amide bonds. The molecule has 2 aromatic rings. The Morgan fingerprint density at radius 2 is 2.11 bits per heavy atom. The summed E-state index contributed by atoms with van der Waals surface area (Å²) in [4.78, 5) is 26.3. The summed E-state index contributed by atoms with van der Waals surface area (Å²) < 4.78 is 0. The number of aliphatic carboxylic acids is 1. The van der Waals surface area contributed by atoms with Gasteiger partial charge in [-0.3, -0.25) is 4.79 Å². The first-order valence-corrected chi connectivity index (χ1v) is 6.09. The highest BCUT2D eigenvalue weighted by atomic mass is 16.4. The summed E-state index contributed by atoms with van der Waals surface area (Å²) in [6.07, 6.45) is 2.11. The Morgan fingerprint density at radius 3 is 2.74 bits per heavy atom. The van der Waals surface area contributed by atoms with Crippen LogP contribution in [0.2, 0.25) is 0 Å². The van der Waals surface area contributed by atoms with E-state index >= 15 is 0 Å². The van der Waals surface area contributed by atoms with E-state index in [4.69, 9.17) is 5.11 Å². The molecule has 5 nitrogen and oxygen atoms in total. The summed E-state index contributed by atoms with van der Waals surface area (Å²) in [6.45, 7) is 3.23. The van der Waals surface area contributed by atoms with Gasteiger partial charge >= 0.3 is 5.97 Å². The van der Waals surface area contributed by atoms with Crippen molar-refractivity contribution in [3.05, 3.63) is 36.0 Å². The lowest BCUT2D eigenvalue weighted by molar-refractivity contribution is -0.143. The topological polar surface area (TPSA) is 82.2 Å². The molecule has 1 atom stereocenters. The second kappa shape index (κ2) is 4.76. The van der Waals surface area contributed by atoms with Gasteiger partial charge in [-0.05, 0) is 37.6 Å². The van der Waals surface area contributed by atoms with Gasteiger partial charge in [-0.25, -0.2) is 4.79 Å². The van der Waals surface area contributed by atoms with Gasteiger partial charge in [0.2, 0.25) is 0 Å². The lowest BCUT2D eigenvalue weighted by Crippen LogP contribution is -2.51. The fourth-order valence-corrected chi connectivity index (χ4v) is 1.81. The van der Waals surface area contributed by atoms with Gasteiger partial charge in [0.15, 0.2) is 0 Å². The molecule has 0 saturated heterocycles. The summed E-state index contributed by atoms with van der Waals surface area (Å²) in [6, 6.07) is 7.07. The summed E-state index contributed by atoms with van der Waals surface area (Å²) in [5.41, 5.74) is 0.144. The Morgan fingerprint density at radius 1 is 1.37 bits per heavy atom. The first-order chi connectivity index (χ1) is 8.96. The van der Waals surface area contributed by atoms with Crippen molar-refractivity contribution < 1.29 is 14.7 Å². The highest BCUT2D eigenvalue weighted by Crippen LogP contribution is 2.16. The van der Waals surface area contributed by atoms with Gasteiger partial charge in [-0.1, -0.05) is 6.92 Å². The van der Waals surface area contributed by atoms with Crippen LogP contribution in [-0.4, -0.2) is 27.5 Å². The number of aromatic nitrogens is 1. The normalized spacial score (nSPS) is 14.0. The highest BCUT2D eigenvalue weighted by molar-refractivity contribution is 6.00. The molecule has 0 fully saturated rings. The number of amides is 1. The van der Waals surface area contributed by atoms with E-state index in [1.165, 1.54) is 6.92 Å². The first-order valence-electron chi connectivity index (χ1n) is 6.09. The monoisotopic (exact) mass is 260 g/mol. The van der Waals surface area contributed by atoms with Crippen molar-refractivity contribution in [1.82, 2.24) is 10.3 Å². The van der Waals surface area contributed by atoms with Crippen LogP contribution in [0.5, 0.6) is 0 Å². The zero-order chi connectivity index (χ0) is 14.0. The summed E-state index contributed by atoms with van der Waals surface area (Å²) >= 11 is 0. The van der Waals surface area contributed by atoms with E-state index in [2.05, 4.69) is 10.3 Å². The van der Waals surface area contributed by atoms with Crippen LogP contribution in [0, 0.1) is 0 Å². The Bertz CT molecular complexity index is 632. The zero-order valence-corrected chi connectivity index (χ0v) is 10.9. The Hall–Kier alpha value is -2.30. The van der Waals surface area contributed by atoms with Gasteiger partial charge in [-0.2, -0.15) is 0 Å². The molecule has 100 valence electrons. The average molecular weight is 260 g/mol. The van der Waals surface area contributed by atoms with Gasteiger partial charge in [0.1, 0.15) is 5.54 Å². The van der Waals surface area contributed by atoms with Crippen molar-refractivity contribution >= 4 is 22.8 Å². The molecule has 3 N–H and O–H groups in total. The van der Waals surface area contributed by atoms with Gasteiger partial charge in [0.05, 0.1) is 0 Å². The van der Waals surface area contributed by atoms with Crippen LogP contribution in [0.3, 0.4) is 0 Å². The number of H-pyrrole nitrogens is 1. The van der Waals surface area contributed by atoms with E-state index in [-0.39, 0.29) is 5.91 Å². The molecule has 0 bridgehead atoms. The van der Waals surface area contributed by atoms with Crippen LogP contribution < -0.4 is 5.32 Å². The molecule has 0 aliphatic carbocycles. The molecule has 0 aliphatic heterocycles. The van der Waals surface area contributed by atoms with Crippen molar-refractivity contribution in [3.8, 4) is 0 Å². The zero-order valence-electron chi connectivity index (χ0n) is 10.9. The standard InChI is InChI=1S/C14H16N2O3/c1-3-14(2,13(18)19)16-12(17)10-4-5-11-9(8-10)6-7-15-11/h4-8,15H,3H2,1-2H3,(H,16,17)(H,18,19). The number of carboxylic acids is 1. The van der Waals surface area contributed by atoms with Crippen molar-refractivity contribution in [2.75, 3.05) is 0 Å². The highest BCUT2D eigenvalue weighted by Gasteiger charge is 2.32. The Balaban J connectivity index is 2.26. The number of benzene rings is 1. The molecule has 19 heavy (non-hydrogen) atoms. The number of hydrogen-bond acceptors (Lipinski definition) is 2. The molecule has 0 saturated carbocycles. The summed E-state index contributed by atoms with van der Waals surface area (Å²) in [5, 5.41) is 12.6. The van der Waals surface area contributed by atoms with Crippen molar-refractivity contribution in [2.24, 2.45) is 0 Å². The second-order valence-electron chi connectivity index (χ2n) is 4.72.